The van der Waals surface area contributed by atoms with Gasteiger partial charge in [-0.25, -0.2) is 0 Å². The normalized spacial score (nSPS) is 23.8. The molecule has 0 spiro atoms. The number of carbonyl (C=O) groups excluding carboxylic acids is 2. The van der Waals surface area contributed by atoms with Crippen LogP contribution in [0.2, 0.25) is 0 Å². The fourth-order valence-corrected chi connectivity index (χ4v) is 10.6. The Kier molecular flexibility index (Phi) is 47.6. The van der Waals surface area contributed by atoms with Gasteiger partial charge in [-0.05, 0) is 44.9 Å². The molecule has 0 radical (unpaired) electrons. The SMILES string of the molecule is CCCCCCCCCCCCCCCC/C=C/CC/C=C/CCCC(=O)OC[C@@H](CO[C@@H]1O[C@H](CO[C@@H]2O[C@H](CO)[C@H](O)C(O)C2O)[C@H](O)C(O)C1O)OC(=O)CCCCCCCCCCCCCCCCCCCCCCC. The van der Waals surface area contributed by atoms with Crippen molar-refractivity contribution in [3.63, 3.8) is 0 Å². The van der Waals surface area contributed by atoms with Crippen LogP contribution in [0.5, 0.6) is 0 Å². The molecule has 80 heavy (non-hydrogen) atoms. The van der Waals surface area contributed by atoms with Crippen LogP contribution in [-0.4, -0.2) is 142 Å². The second-order valence-corrected chi connectivity index (χ2v) is 23.3. The molecule has 15 nitrogen and oxygen atoms in total. The van der Waals surface area contributed by atoms with Crippen LogP contribution < -0.4 is 0 Å². The highest BCUT2D eigenvalue weighted by Crippen LogP contribution is 2.27. The van der Waals surface area contributed by atoms with Crippen LogP contribution in [0.1, 0.15) is 284 Å². The van der Waals surface area contributed by atoms with E-state index in [0.717, 1.165) is 38.5 Å². The van der Waals surface area contributed by atoms with Gasteiger partial charge in [0.2, 0.25) is 0 Å². The molecular weight excluding hydrogens is 1020 g/mol. The number of unbranched alkanes of at least 4 members (excludes halogenated alkanes) is 36. The van der Waals surface area contributed by atoms with Crippen LogP contribution in [0.3, 0.4) is 0 Å². The van der Waals surface area contributed by atoms with E-state index in [1.807, 2.05) is 0 Å². The molecule has 0 aromatic heterocycles. The van der Waals surface area contributed by atoms with E-state index in [4.69, 9.17) is 28.4 Å². The Balaban J connectivity index is 1.71. The zero-order chi connectivity index (χ0) is 58.1. The number of allylic oxidation sites excluding steroid dienone is 4. The van der Waals surface area contributed by atoms with E-state index >= 15 is 0 Å². The molecule has 4 unspecified atom stereocenters. The average molecular weight is 1140 g/mol. The average Bonchev–Trinajstić information content (AvgIpc) is 3.50. The number of hydrogen-bond donors (Lipinski definition) is 7. The Bertz CT molecular complexity index is 1480. The molecule has 0 aromatic rings. The molecule has 2 saturated heterocycles. The van der Waals surface area contributed by atoms with Crippen molar-refractivity contribution in [3.8, 4) is 0 Å². The molecule has 0 aromatic carbocycles. The Morgan fingerprint density at radius 2 is 0.738 bits per heavy atom. The monoisotopic (exact) mass is 1140 g/mol. The van der Waals surface area contributed by atoms with Gasteiger partial charge in [0.25, 0.3) is 0 Å². The third-order valence-corrected chi connectivity index (χ3v) is 15.9. The van der Waals surface area contributed by atoms with E-state index in [1.165, 1.54) is 199 Å². The third-order valence-electron chi connectivity index (χ3n) is 15.9. The van der Waals surface area contributed by atoms with Crippen molar-refractivity contribution >= 4 is 11.9 Å². The van der Waals surface area contributed by atoms with Crippen LogP contribution >= 0.6 is 0 Å². The van der Waals surface area contributed by atoms with E-state index in [9.17, 15) is 45.3 Å². The summed E-state index contributed by atoms with van der Waals surface area (Å²) in [6.07, 6.45) is 42.1. The first-order valence-corrected chi connectivity index (χ1v) is 32.9. The lowest BCUT2D eigenvalue weighted by atomic mass is 9.98. The Morgan fingerprint density at radius 1 is 0.388 bits per heavy atom. The van der Waals surface area contributed by atoms with E-state index in [2.05, 4.69) is 38.2 Å². The number of rotatable bonds is 54. The second-order valence-electron chi connectivity index (χ2n) is 23.3. The van der Waals surface area contributed by atoms with Crippen molar-refractivity contribution in [1.82, 2.24) is 0 Å². The van der Waals surface area contributed by atoms with Gasteiger partial charge < -0.3 is 64.2 Å². The first-order chi connectivity index (χ1) is 39.0. The van der Waals surface area contributed by atoms with Crippen molar-refractivity contribution < 1.29 is 73.8 Å². The predicted molar refractivity (Wildman–Crippen MR) is 317 cm³/mol. The van der Waals surface area contributed by atoms with Gasteiger partial charge in [-0.3, -0.25) is 9.59 Å². The Labute approximate surface area is 485 Å². The van der Waals surface area contributed by atoms with Gasteiger partial charge in [-0.15, -0.1) is 0 Å². The maximum Gasteiger partial charge on any atom is 0.306 e. The topological polar surface area (TPSA) is 231 Å². The summed E-state index contributed by atoms with van der Waals surface area (Å²) in [5.74, 6) is -0.957. The Morgan fingerprint density at radius 3 is 1.18 bits per heavy atom. The van der Waals surface area contributed by atoms with Crippen molar-refractivity contribution in [3.05, 3.63) is 24.3 Å². The number of carbonyl (C=O) groups is 2. The van der Waals surface area contributed by atoms with Crippen molar-refractivity contribution in [1.29, 1.82) is 0 Å². The highest BCUT2D eigenvalue weighted by Gasteiger charge is 2.47. The quantitative estimate of drug-likeness (QED) is 0.0171. The molecule has 0 amide bonds. The number of aliphatic hydroxyl groups is 7. The molecule has 11 atom stereocenters. The number of aliphatic hydroxyl groups excluding tert-OH is 7. The maximum atomic E-state index is 13.1. The smallest absolute Gasteiger partial charge is 0.306 e. The zero-order valence-corrected chi connectivity index (χ0v) is 50.6. The first kappa shape index (κ1) is 74.1. The van der Waals surface area contributed by atoms with Crippen molar-refractivity contribution in [2.24, 2.45) is 0 Å². The molecule has 2 rings (SSSR count). The van der Waals surface area contributed by atoms with Crippen LogP contribution in [0.25, 0.3) is 0 Å². The summed E-state index contributed by atoms with van der Waals surface area (Å²) in [6.45, 7) is 2.63. The van der Waals surface area contributed by atoms with Crippen LogP contribution in [0.4, 0.5) is 0 Å². The van der Waals surface area contributed by atoms with Crippen LogP contribution in [0.15, 0.2) is 24.3 Å². The van der Waals surface area contributed by atoms with Gasteiger partial charge in [0.1, 0.15) is 55.4 Å². The molecular formula is C65H120O15. The standard InChI is InChI=1S/C65H120O15/c1-3-5-7-9-11-13-15-17-19-21-23-25-26-28-29-31-33-35-37-39-41-43-45-47-56(67)75-50-53(51-76-64-63(74)61(72)59(70)55(80-64)52-77-65-62(73)60(71)58(69)54(49-66)79-65)78-57(68)48-46-44-42-40-38-36-34-32-30-27-24-22-20-18-16-14-12-10-8-6-4-2/h31,33,39,41,53-55,58-66,69-74H,3-30,32,34-38,40,42-52H2,1-2H3/b33-31+,41-39+/t53-,54+,55+,58-,59-,60?,61?,62?,63?,64+,65+/m0/s1. The number of ether oxygens (including phenoxy) is 6. The summed E-state index contributed by atoms with van der Waals surface area (Å²) >= 11 is 0. The van der Waals surface area contributed by atoms with Gasteiger partial charge in [0.05, 0.1) is 19.8 Å². The van der Waals surface area contributed by atoms with E-state index in [-0.39, 0.29) is 26.1 Å². The number of esters is 2. The molecule has 15 heteroatoms. The Hall–Kier alpha value is -2.02. The van der Waals surface area contributed by atoms with Crippen molar-refractivity contribution in [2.45, 2.75) is 351 Å². The van der Waals surface area contributed by atoms with Crippen LogP contribution in [-0.2, 0) is 38.0 Å². The highest BCUT2D eigenvalue weighted by atomic mass is 16.7. The first-order valence-electron chi connectivity index (χ1n) is 32.9. The highest BCUT2D eigenvalue weighted by molar-refractivity contribution is 5.70. The van der Waals surface area contributed by atoms with Gasteiger partial charge >= 0.3 is 11.9 Å². The van der Waals surface area contributed by atoms with E-state index in [0.29, 0.717) is 19.3 Å². The third kappa shape index (κ3) is 37.3. The summed E-state index contributed by atoms with van der Waals surface area (Å²) in [4.78, 5) is 26.0. The molecule has 0 saturated carbocycles. The van der Waals surface area contributed by atoms with Gasteiger partial charge in [-0.2, -0.15) is 0 Å². The summed E-state index contributed by atoms with van der Waals surface area (Å²) in [6, 6.07) is 0. The number of hydrogen-bond acceptors (Lipinski definition) is 15. The van der Waals surface area contributed by atoms with Gasteiger partial charge in [0, 0.05) is 12.8 Å². The fourth-order valence-electron chi connectivity index (χ4n) is 10.6. The minimum absolute atomic E-state index is 0.162. The molecule has 2 fully saturated rings. The van der Waals surface area contributed by atoms with E-state index in [1.54, 1.807) is 0 Å². The second kappa shape index (κ2) is 51.4. The zero-order valence-electron chi connectivity index (χ0n) is 50.6. The lowest BCUT2D eigenvalue weighted by molar-refractivity contribution is -0.332. The largest absolute Gasteiger partial charge is 0.462 e. The van der Waals surface area contributed by atoms with E-state index < -0.39 is 92.7 Å². The maximum absolute atomic E-state index is 13.1. The fraction of sp³-hybridized carbons (Fsp3) is 0.908. The lowest BCUT2D eigenvalue weighted by Gasteiger charge is -2.42. The summed E-state index contributed by atoms with van der Waals surface area (Å²) < 4.78 is 33.8. The summed E-state index contributed by atoms with van der Waals surface area (Å²) in [5.41, 5.74) is 0. The van der Waals surface area contributed by atoms with Crippen molar-refractivity contribution in [2.75, 3.05) is 26.4 Å². The van der Waals surface area contributed by atoms with Crippen LogP contribution in [0, 0.1) is 0 Å². The molecule has 2 heterocycles. The predicted octanol–water partition coefficient (Wildman–Crippen LogP) is 12.6. The molecule has 0 aliphatic carbocycles. The molecule has 470 valence electrons. The molecule has 7 N–H and O–H groups in total. The minimum atomic E-state index is -1.77. The lowest BCUT2D eigenvalue weighted by Crippen LogP contribution is -2.61. The summed E-state index contributed by atoms with van der Waals surface area (Å²) in [7, 11) is 0. The van der Waals surface area contributed by atoms with Gasteiger partial charge in [-0.1, -0.05) is 250 Å². The minimum Gasteiger partial charge on any atom is -0.462 e. The molecule has 0 bridgehead atoms. The summed E-state index contributed by atoms with van der Waals surface area (Å²) in [5, 5.41) is 72.4. The van der Waals surface area contributed by atoms with Gasteiger partial charge in [0.15, 0.2) is 18.7 Å². The molecule has 2 aliphatic heterocycles. The molecule has 2 aliphatic rings.